The molecule has 0 unspecified atom stereocenters. The van der Waals surface area contributed by atoms with E-state index in [-0.39, 0.29) is 0 Å². The third kappa shape index (κ3) is 3.30. The zero-order valence-electron chi connectivity index (χ0n) is 11.7. The van der Waals surface area contributed by atoms with E-state index in [2.05, 4.69) is 55.8 Å². The van der Waals surface area contributed by atoms with Gasteiger partial charge in [-0.05, 0) is 49.1 Å². The summed E-state index contributed by atoms with van der Waals surface area (Å²) in [5.41, 5.74) is 3.32. The van der Waals surface area contributed by atoms with Crippen LogP contribution >= 0.6 is 12.6 Å². The molecule has 0 heterocycles. The molecule has 0 saturated heterocycles. The summed E-state index contributed by atoms with van der Waals surface area (Å²) in [7, 11) is 2.25. The van der Waals surface area contributed by atoms with E-state index in [1.165, 1.54) is 43.4 Å². The van der Waals surface area contributed by atoms with E-state index in [1.54, 1.807) is 0 Å². The minimum atomic E-state index is 0.473. The summed E-state index contributed by atoms with van der Waals surface area (Å²) in [5.74, 6) is 1.03. The first-order valence-electron chi connectivity index (χ1n) is 6.99. The number of hydrogen-bond acceptors (Lipinski definition) is 2. The first-order chi connectivity index (χ1) is 8.65. The molecule has 1 fully saturated rings. The number of hydrogen-bond donors (Lipinski definition) is 1. The number of thiol groups is 1. The molecular formula is C16H25NS. The number of rotatable bonds is 5. The molecule has 1 aromatic rings. The Morgan fingerprint density at radius 1 is 1.22 bits per heavy atom. The number of benzene rings is 1. The maximum Gasteiger partial charge on any atom is 0.0233 e. The maximum absolute atomic E-state index is 4.60. The molecule has 1 nitrogen and oxygen atoms in total. The first kappa shape index (κ1) is 14.0. The normalized spacial score (nSPS) is 18.4. The van der Waals surface area contributed by atoms with Crippen LogP contribution in [0.2, 0.25) is 0 Å². The molecule has 0 aromatic heterocycles. The van der Waals surface area contributed by atoms with E-state index in [1.807, 2.05) is 0 Å². The molecule has 0 bridgehead atoms. The van der Waals surface area contributed by atoms with E-state index >= 15 is 0 Å². The lowest BCUT2D eigenvalue weighted by Crippen LogP contribution is -2.35. The van der Waals surface area contributed by atoms with Gasteiger partial charge in [0, 0.05) is 13.1 Å². The minimum Gasteiger partial charge on any atom is -0.302 e. The minimum absolute atomic E-state index is 0.473. The van der Waals surface area contributed by atoms with Crippen LogP contribution in [0, 0.1) is 12.3 Å². The quantitative estimate of drug-likeness (QED) is 0.788. The third-order valence-electron chi connectivity index (χ3n) is 4.31. The van der Waals surface area contributed by atoms with Gasteiger partial charge in [0.15, 0.2) is 0 Å². The van der Waals surface area contributed by atoms with Gasteiger partial charge < -0.3 is 4.90 Å². The van der Waals surface area contributed by atoms with Crippen LogP contribution in [0.4, 0.5) is 0 Å². The van der Waals surface area contributed by atoms with Gasteiger partial charge in [0.1, 0.15) is 0 Å². The zero-order chi connectivity index (χ0) is 13.0. The van der Waals surface area contributed by atoms with Crippen molar-refractivity contribution in [2.45, 2.75) is 39.2 Å². The van der Waals surface area contributed by atoms with Crippen molar-refractivity contribution in [3.63, 3.8) is 0 Å². The Morgan fingerprint density at radius 2 is 1.89 bits per heavy atom. The number of aryl methyl sites for hydroxylation is 1. The van der Waals surface area contributed by atoms with Gasteiger partial charge in [0.05, 0.1) is 0 Å². The summed E-state index contributed by atoms with van der Waals surface area (Å²) in [6.45, 7) is 4.44. The van der Waals surface area contributed by atoms with Crippen LogP contribution < -0.4 is 0 Å². The predicted octanol–water partition coefficient (Wildman–Crippen LogP) is 3.92. The standard InChI is InChI=1S/C16H25NS/c1-14-7-3-4-8-15(14)11-17(2)12-16(13-18)9-5-6-10-16/h3-4,7-8,18H,5-6,9-13H2,1-2H3. The summed E-state index contributed by atoms with van der Waals surface area (Å²) in [6, 6.07) is 8.70. The Balaban J connectivity index is 1.96. The van der Waals surface area contributed by atoms with Gasteiger partial charge in [0.25, 0.3) is 0 Å². The third-order valence-corrected chi connectivity index (χ3v) is 4.98. The highest BCUT2D eigenvalue weighted by molar-refractivity contribution is 7.80. The lowest BCUT2D eigenvalue weighted by molar-refractivity contribution is 0.195. The van der Waals surface area contributed by atoms with Gasteiger partial charge in [0.2, 0.25) is 0 Å². The van der Waals surface area contributed by atoms with Crippen LogP contribution in [0.15, 0.2) is 24.3 Å². The van der Waals surface area contributed by atoms with Crippen molar-refractivity contribution < 1.29 is 0 Å². The Hall–Kier alpha value is -0.470. The average molecular weight is 263 g/mol. The van der Waals surface area contributed by atoms with Crippen molar-refractivity contribution in [3.8, 4) is 0 Å². The summed E-state index contributed by atoms with van der Waals surface area (Å²) in [6.07, 6.45) is 5.49. The fraction of sp³-hybridized carbons (Fsp3) is 0.625. The van der Waals surface area contributed by atoms with E-state index in [4.69, 9.17) is 0 Å². The van der Waals surface area contributed by atoms with Crippen LogP contribution in [0.1, 0.15) is 36.8 Å². The van der Waals surface area contributed by atoms with Crippen molar-refractivity contribution in [1.29, 1.82) is 0 Å². The molecule has 1 saturated carbocycles. The topological polar surface area (TPSA) is 3.24 Å². The van der Waals surface area contributed by atoms with Crippen LogP contribution in [0.25, 0.3) is 0 Å². The van der Waals surface area contributed by atoms with Crippen molar-refractivity contribution in [2.24, 2.45) is 5.41 Å². The second-order valence-electron chi connectivity index (χ2n) is 5.96. The first-order valence-corrected chi connectivity index (χ1v) is 7.62. The van der Waals surface area contributed by atoms with Crippen molar-refractivity contribution in [3.05, 3.63) is 35.4 Å². The fourth-order valence-corrected chi connectivity index (χ4v) is 3.61. The smallest absolute Gasteiger partial charge is 0.0233 e. The summed E-state index contributed by atoms with van der Waals surface area (Å²) in [4.78, 5) is 2.48. The SMILES string of the molecule is Cc1ccccc1CN(C)CC1(CS)CCCC1. The average Bonchev–Trinajstić information content (AvgIpc) is 2.81. The highest BCUT2D eigenvalue weighted by atomic mass is 32.1. The highest BCUT2D eigenvalue weighted by Gasteiger charge is 2.33. The van der Waals surface area contributed by atoms with E-state index in [0.717, 1.165) is 12.3 Å². The largest absolute Gasteiger partial charge is 0.302 e. The molecular weight excluding hydrogens is 238 g/mol. The predicted molar refractivity (Wildman–Crippen MR) is 82.3 cm³/mol. The van der Waals surface area contributed by atoms with E-state index in [0.29, 0.717) is 5.41 Å². The van der Waals surface area contributed by atoms with Crippen molar-refractivity contribution in [2.75, 3.05) is 19.3 Å². The Bertz CT molecular complexity index is 382. The van der Waals surface area contributed by atoms with Crippen LogP contribution in [-0.2, 0) is 6.54 Å². The molecule has 1 aliphatic carbocycles. The van der Waals surface area contributed by atoms with Gasteiger partial charge in [-0.25, -0.2) is 0 Å². The maximum atomic E-state index is 4.60. The fourth-order valence-electron chi connectivity index (χ4n) is 3.20. The molecule has 0 spiro atoms. The van der Waals surface area contributed by atoms with Crippen molar-refractivity contribution in [1.82, 2.24) is 4.90 Å². The Morgan fingerprint density at radius 3 is 2.50 bits per heavy atom. The Labute approximate surface area is 117 Å². The number of nitrogens with zero attached hydrogens (tertiary/aromatic N) is 1. The molecule has 1 aliphatic rings. The molecule has 2 rings (SSSR count). The highest BCUT2D eigenvalue weighted by Crippen LogP contribution is 2.39. The zero-order valence-corrected chi connectivity index (χ0v) is 12.5. The van der Waals surface area contributed by atoms with E-state index < -0.39 is 0 Å². The monoisotopic (exact) mass is 263 g/mol. The molecule has 18 heavy (non-hydrogen) atoms. The molecule has 0 radical (unpaired) electrons. The summed E-state index contributed by atoms with van der Waals surface area (Å²) >= 11 is 4.60. The van der Waals surface area contributed by atoms with Gasteiger partial charge in [-0.3, -0.25) is 0 Å². The van der Waals surface area contributed by atoms with Gasteiger partial charge in [-0.1, -0.05) is 37.1 Å². The lowest BCUT2D eigenvalue weighted by Gasteiger charge is -2.32. The second kappa shape index (κ2) is 6.12. The molecule has 2 heteroatoms. The van der Waals surface area contributed by atoms with Crippen LogP contribution in [0.3, 0.4) is 0 Å². The molecule has 100 valence electrons. The molecule has 0 amide bonds. The molecule has 0 atom stereocenters. The van der Waals surface area contributed by atoms with Gasteiger partial charge in [-0.2, -0.15) is 12.6 Å². The second-order valence-corrected chi connectivity index (χ2v) is 6.28. The van der Waals surface area contributed by atoms with E-state index in [9.17, 15) is 0 Å². The molecule has 0 N–H and O–H groups in total. The molecule has 1 aromatic carbocycles. The van der Waals surface area contributed by atoms with Crippen molar-refractivity contribution >= 4 is 12.6 Å². The summed E-state index contributed by atoms with van der Waals surface area (Å²) < 4.78 is 0. The van der Waals surface area contributed by atoms with Crippen LogP contribution in [0.5, 0.6) is 0 Å². The van der Waals surface area contributed by atoms with Gasteiger partial charge in [-0.15, -0.1) is 0 Å². The van der Waals surface area contributed by atoms with Gasteiger partial charge >= 0.3 is 0 Å². The lowest BCUT2D eigenvalue weighted by atomic mass is 9.88. The van der Waals surface area contributed by atoms with Crippen LogP contribution in [-0.4, -0.2) is 24.2 Å². The molecule has 0 aliphatic heterocycles. The Kier molecular flexibility index (Phi) is 4.74. The summed E-state index contributed by atoms with van der Waals surface area (Å²) in [5, 5.41) is 0.